The van der Waals surface area contributed by atoms with E-state index < -0.39 is 0 Å². The predicted octanol–water partition coefficient (Wildman–Crippen LogP) is 1.13. The second-order valence-corrected chi connectivity index (χ2v) is 1.84. The van der Waals surface area contributed by atoms with E-state index in [0.717, 1.165) is 11.4 Å². The van der Waals surface area contributed by atoms with Crippen molar-refractivity contribution in [2.24, 2.45) is 5.16 Å². The predicted molar refractivity (Wildman–Crippen MR) is 34.9 cm³/mol. The van der Waals surface area contributed by atoms with Crippen molar-refractivity contribution in [1.29, 1.82) is 0 Å². The van der Waals surface area contributed by atoms with Gasteiger partial charge < -0.3 is 10.2 Å². The highest BCUT2D eigenvalue weighted by molar-refractivity contribution is 5.76. The standard InChI is InChI=1S/C6H8N2O/c1-5-2-3-6(8-5)4-7-9/h2-4,8-9H,1H3. The van der Waals surface area contributed by atoms with Gasteiger partial charge in [0.15, 0.2) is 0 Å². The van der Waals surface area contributed by atoms with Crippen molar-refractivity contribution >= 4 is 6.21 Å². The number of aromatic nitrogens is 1. The van der Waals surface area contributed by atoms with Gasteiger partial charge in [0, 0.05) is 5.69 Å². The van der Waals surface area contributed by atoms with E-state index in [1.165, 1.54) is 6.21 Å². The van der Waals surface area contributed by atoms with Crippen LogP contribution >= 0.6 is 0 Å². The number of nitrogens with zero attached hydrogens (tertiary/aromatic N) is 1. The van der Waals surface area contributed by atoms with Crippen LogP contribution in [0.5, 0.6) is 0 Å². The molecule has 48 valence electrons. The second-order valence-electron chi connectivity index (χ2n) is 1.84. The molecule has 0 fully saturated rings. The molecule has 1 aromatic rings. The van der Waals surface area contributed by atoms with Crippen LogP contribution in [0.1, 0.15) is 11.4 Å². The molecule has 0 saturated carbocycles. The number of oxime groups is 1. The normalized spacial score (nSPS) is 10.8. The van der Waals surface area contributed by atoms with Gasteiger partial charge in [-0.1, -0.05) is 5.16 Å². The Morgan fingerprint density at radius 2 is 2.44 bits per heavy atom. The van der Waals surface area contributed by atoms with E-state index in [4.69, 9.17) is 5.21 Å². The van der Waals surface area contributed by atoms with Gasteiger partial charge in [0.2, 0.25) is 0 Å². The third-order valence-corrected chi connectivity index (χ3v) is 1.05. The van der Waals surface area contributed by atoms with E-state index in [0.29, 0.717) is 0 Å². The molecule has 0 aliphatic carbocycles. The third-order valence-electron chi connectivity index (χ3n) is 1.05. The van der Waals surface area contributed by atoms with E-state index in [1.54, 1.807) is 0 Å². The van der Waals surface area contributed by atoms with Crippen LogP contribution in [-0.2, 0) is 0 Å². The van der Waals surface area contributed by atoms with Gasteiger partial charge >= 0.3 is 0 Å². The zero-order chi connectivity index (χ0) is 6.69. The number of nitrogens with one attached hydrogen (secondary N) is 1. The maximum absolute atomic E-state index is 8.08. The smallest absolute Gasteiger partial charge is 0.0896 e. The van der Waals surface area contributed by atoms with Crippen molar-refractivity contribution < 1.29 is 5.21 Å². The molecular weight excluding hydrogens is 116 g/mol. The first-order valence-electron chi connectivity index (χ1n) is 2.66. The molecule has 1 heterocycles. The topological polar surface area (TPSA) is 48.4 Å². The average Bonchev–Trinajstić information content (AvgIpc) is 2.17. The highest BCUT2D eigenvalue weighted by atomic mass is 16.4. The van der Waals surface area contributed by atoms with Crippen molar-refractivity contribution in [2.75, 3.05) is 0 Å². The quantitative estimate of drug-likeness (QED) is 0.329. The number of hydrogen-bond donors (Lipinski definition) is 2. The minimum Gasteiger partial charge on any atom is -0.411 e. The Hall–Kier alpha value is -1.25. The Kier molecular flexibility index (Phi) is 1.53. The molecule has 3 nitrogen and oxygen atoms in total. The van der Waals surface area contributed by atoms with Crippen molar-refractivity contribution in [3.63, 3.8) is 0 Å². The third kappa shape index (κ3) is 1.32. The molecule has 0 spiro atoms. The van der Waals surface area contributed by atoms with E-state index in [9.17, 15) is 0 Å². The number of aryl methyl sites for hydroxylation is 1. The van der Waals surface area contributed by atoms with Crippen molar-refractivity contribution in [2.45, 2.75) is 6.92 Å². The van der Waals surface area contributed by atoms with Crippen LogP contribution in [0.25, 0.3) is 0 Å². The highest BCUT2D eigenvalue weighted by Crippen LogP contribution is 1.95. The summed E-state index contributed by atoms with van der Waals surface area (Å²) < 4.78 is 0. The number of H-pyrrole nitrogens is 1. The van der Waals surface area contributed by atoms with Gasteiger partial charge in [-0.25, -0.2) is 0 Å². The summed E-state index contributed by atoms with van der Waals surface area (Å²) >= 11 is 0. The molecule has 0 aromatic carbocycles. The fourth-order valence-corrected chi connectivity index (χ4v) is 0.663. The summed E-state index contributed by atoms with van der Waals surface area (Å²) in [4.78, 5) is 2.97. The first-order chi connectivity index (χ1) is 4.33. The zero-order valence-corrected chi connectivity index (χ0v) is 5.13. The molecule has 1 aromatic heterocycles. The fourth-order valence-electron chi connectivity index (χ4n) is 0.663. The minimum absolute atomic E-state index is 0.815. The molecule has 0 radical (unpaired) electrons. The van der Waals surface area contributed by atoms with Crippen LogP contribution in [-0.4, -0.2) is 16.4 Å². The molecule has 0 amide bonds. The van der Waals surface area contributed by atoms with Crippen molar-refractivity contribution in [3.8, 4) is 0 Å². The van der Waals surface area contributed by atoms with Gasteiger partial charge in [-0.15, -0.1) is 0 Å². The summed E-state index contributed by atoms with van der Waals surface area (Å²) in [7, 11) is 0. The van der Waals surface area contributed by atoms with Crippen LogP contribution in [0.2, 0.25) is 0 Å². The first kappa shape index (κ1) is 5.88. The Bertz CT molecular complexity index is 215. The Labute approximate surface area is 53.0 Å². The average molecular weight is 124 g/mol. The highest BCUT2D eigenvalue weighted by Gasteiger charge is 1.87. The lowest BCUT2D eigenvalue weighted by atomic mass is 10.4. The molecule has 1 rings (SSSR count). The molecule has 0 aliphatic heterocycles. The molecule has 0 atom stereocenters. The summed E-state index contributed by atoms with van der Waals surface area (Å²) in [6, 6.07) is 3.76. The number of aromatic amines is 1. The van der Waals surface area contributed by atoms with E-state index >= 15 is 0 Å². The van der Waals surface area contributed by atoms with Crippen molar-refractivity contribution in [1.82, 2.24) is 4.98 Å². The monoisotopic (exact) mass is 124 g/mol. The van der Waals surface area contributed by atoms with Crippen LogP contribution in [0.15, 0.2) is 17.3 Å². The lowest BCUT2D eigenvalue weighted by Crippen LogP contribution is -1.78. The molecule has 0 unspecified atom stereocenters. The van der Waals surface area contributed by atoms with E-state index in [-0.39, 0.29) is 0 Å². The largest absolute Gasteiger partial charge is 0.411 e. The Morgan fingerprint density at radius 3 is 2.89 bits per heavy atom. The lowest BCUT2D eigenvalue weighted by Gasteiger charge is -1.80. The van der Waals surface area contributed by atoms with Crippen LogP contribution in [0, 0.1) is 6.92 Å². The summed E-state index contributed by atoms with van der Waals surface area (Å²) in [6.45, 7) is 1.94. The van der Waals surface area contributed by atoms with Gasteiger partial charge in [-0.05, 0) is 19.1 Å². The molecule has 0 bridgehead atoms. The zero-order valence-electron chi connectivity index (χ0n) is 5.13. The summed E-state index contributed by atoms with van der Waals surface area (Å²) in [5.41, 5.74) is 1.87. The van der Waals surface area contributed by atoms with Gasteiger partial charge in [0.1, 0.15) is 0 Å². The minimum atomic E-state index is 0.815. The summed E-state index contributed by atoms with van der Waals surface area (Å²) in [5.74, 6) is 0. The Balaban J connectivity index is 2.85. The van der Waals surface area contributed by atoms with E-state index in [1.807, 2.05) is 19.1 Å². The van der Waals surface area contributed by atoms with Crippen LogP contribution in [0.4, 0.5) is 0 Å². The summed E-state index contributed by atoms with van der Waals surface area (Å²) in [6.07, 6.45) is 1.35. The SMILES string of the molecule is Cc1ccc(C=NO)[nH]1. The molecule has 3 heteroatoms. The maximum Gasteiger partial charge on any atom is 0.0896 e. The molecule has 0 saturated heterocycles. The van der Waals surface area contributed by atoms with Gasteiger partial charge in [-0.2, -0.15) is 0 Å². The molecule has 2 N–H and O–H groups in total. The first-order valence-corrected chi connectivity index (χ1v) is 2.66. The number of hydrogen-bond acceptors (Lipinski definition) is 2. The fraction of sp³-hybridized carbons (Fsp3) is 0.167. The second kappa shape index (κ2) is 2.35. The van der Waals surface area contributed by atoms with Gasteiger partial charge in [0.05, 0.1) is 11.9 Å². The van der Waals surface area contributed by atoms with Crippen LogP contribution in [0.3, 0.4) is 0 Å². The molecule has 9 heavy (non-hydrogen) atoms. The number of rotatable bonds is 1. The molecule has 0 aliphatic rings. The van der Waals surface area contributed by atoms with E-state index in [2.05, 4.69) is 10.1 Å². The Morgan fingerprint density at radius 1 is 1.67 bits per heavy atom. The lowest BCUT2D eigenvalue weighted by molar-refractivity contribution is 0.321. The van der Waals surface area contributed by atoms with Gasteiger partial charge in [-0.3, -0.25) is 0 Å². The van der Waals surface area contributed by atoms with Gasteiger partial charge in [0.25, 0.3) is 0 Å². The molecular formula is C6H8N2O. The summed E-state index contributed by atoms with van der Waals surface area (Å²) in [5, 5.41) is 10.9. The van der Waals surface area contributed by atoms with Crippen molar-refractivity contribution in [3.05, 3.63) is 23.5 Å². The van der Waals surface area contributed by atoms with Crippen LogP contribution < -0.4 is 0 Å². The maximum atomic E-state index is 8.08.